The summed E-state index contributed by atoms with van der Waals surface area (Å²) in [6, 6.07) is 11.0. The van der Waals surface area contributed by atoms with E-state index in [0.717, 1.165) is 24.2 Å². The van der Waals surface area contributed by atoms with Gasteiger partial charge in [-0.25, -0.2) is 8.78 Å². The highest BCUT2D eigenvalue weighted by Crippen LogP contribution is 2.11. The summed E-state index contributed by atoms with van der Waals surface area (Å²) in [5.74, 6) is -2.07. The van der Waals surface area contributed by atoms with E-state index in [1.807, 2.05) is 18.2 Å². The number of halogens is 2. The Balaban J connectivity index is 1.66. The largest absolute Gasteiger partial charge is 0.348 e. The zero-order valence-corrected chi connectivity index (χ0v) is 13.4. The average molecular weight is 331 g/mol. The van der Waals surface area contributed by atoms with E-state index in [1.165, 1.54) is 37.6 Å². The number of hydrogen-bond acceptors (Lipinski definition) is 1. The van der Waals surface area contributed by atoms with Gasteiger partial charge in [0.2, 0.25) is 0 Å². The molecule has 1 amide bonds. The molecule has 0 spiro atoms. The van der Waals surface area contributed by atoms with Gasteiger partial charge in [0.25, 0.3) is 5.91 Å². The lowest BCUT2D eigenvalue weighted by molar-refractivity contribution is -0.901. The van der Waals surface area contributed by atoms with Crippen molar-refractivity contribution in [2.45, 2.75) is 25.9 Å². The van der Waals surface area contributed by atoms with Gasteiger partial charge in [-0.15, -0.1) is 0 Å². The fourth-order valence-corrected chi connectivity index (χ4v) is 3.17. The highest BCUT2D eigenvalue weighted by atomic mass is 19.1. The van der Waals surface area contributed by atoms with Gasteiger partial charge in [-0.3, -0.25) is 4.79 Å². The molecule has 0 aliphatic carbocycles. The predicted octanol–water partition coefficient (Wildman–Crippen LogP) is 2.07. The summed E-state index contributed by atoms with van der Waals surface area (Å²) in [6.45, 7) is 3.64. The van der Waals surface area contributed by atoms with E-state index >= 15 is 0 Å². The maximum atomic E-state index is 13.7. The molecule has 1 heterocycles. The van der Waals surface area contributed by atoms with Crippen LogP contribution in [0.15, 0.2) is 42.5 Å². The Morgan fingerprint density at radius 2 is 1.75 bits per heavy atom. The van der Waals surface area contributed by atoms with Gasteiger partial charge in [-0.1, -0.05) is 24.3 Å². The molecular weight excluding hydrogens is 310 g/mol. The van der Waals surface area contributed by atoms with Gasteiger partial charge in [0.1, 0.15) is 18.2 Å². The zero-order valence-electron chi connectivity index (χ0n) is 13.4. The van der Waals surface area contributed by atoms with Crippen molar-refractivity contribution in [1.82, 2.24) is 5.32 Å². The van der Waals surface area contributed by atoms with Gasteiger partial charge in [0.15, 0.2) is 0 Å². The topological polar surface area (TPSA) is 33.5 Å². The molecule has 3 rings (SSSR count). The van der Waals surface area contributed by atoms with Crippen LogP contribution >= 0.6 is 0 Å². The molecule has 1 fully saturated rings. The minimum atomic E-state index is -0.845. The van der Waals surface area contributed by atoms with Crippen molar-refractivity contribution in [2.75, 3.05) is 13.1 Å². The molecule has 0 radical (unpaired) electrons. The molecule has 0 aromatic heterocycles. The van der Waals surface area contributed by atoms with Crippen LogP contribution in [0.5, 0.6) is 0 Å². The summed E-state index contributed by atoms with van der Waals surface area (Å²) in [7, 11) is 0. The Kier molecular flexibility index (Phi) is 5.20. The highest BCUT2D eigenvalue weighted by molar-refractivity contribution is 5.94. The van der Waals surface area contributed by atoms with Crippen LogP contribution in [0.25, 0.3) is 0 Å². The Morgan fingerprint density at radius 3 is 2.46 bits per heavy atom. The molecule has 1 saturated heterocycles. The molecule has 24 heavy (non-hydrogen) atoms. The first-order valence-electron chi connectivity index (χ1n) is 8.27. The van der Waals surface area contributed by atoms with E-state index in [2.05, 4.69) is 11.4 Å². The summed E-state index contributed by atoms with van der Waals surface area (Å²) in [6.07, 6.45) is 2.52. The van der Waals surface area contributed by atoms with Crippen molar-refractivity contribution in [3.63, 3.8) is 0 Å². The van der Waals surface area contributed by atoms with E-state index in [4.69, 9.17) is 0 Å². The van der Waals surface area contributed by atoms with Crippen molar-refractivity contribution in [3.05, 3.63) is 70.8 Å². The first kappa shape index (κ1) is 16.6. The number of rotatable bonds is 5. The maximum absolute atomic E-state index is 13.7. The molecule has 2 aromatic carbocycles. The lowest BCUT2D eigenvalue weighted by atomic mass is 10.1. The third-order valence-corrected chi connectivity index (χ3v) is 4.48. The zero-order chi connectivity index (χ0) is 16.9. The van der Waals surface area contributed by atoms with E-state index in [0.29, 0.717) is 6.54 Å². The Hall–Kier alpha value is -2.27. The summed E-state index contributed by atoms with van der Waals surface area (Å²) < 4.78 is 26.6. The highest BCUT2D eigenvalue weighted by Gasteiger charge is 2.18. The molecule has 3 nitrogen and oxygen atoms in total. The predicted molar refractivity (Wildman–Crippen MR) is 87.6 cm³/mol. The number of amides is 1. The van der Waals surface area contributed by atoms with Gasteiger partial charge < -0.3 is 10.2 Å². The van der Waals surface area contributed by atoms with Crippen molar-refractivity contribution < 1.29 is 18.5 Å². The van der Waals surface area contributed by atoms with Gasteiger partial charge in [0.05, 0.1) is 18.7 Å². The molecule has 0 saturated carbocycles. The van der Waals surface area contributed by atoms with E-state index in [-0.39, 0.29) is 5.56 Å². The fraction of sp³-hybridized carbons (Fsp3) is 0.316. The average Bonchev–Trinajstić information content (AvgIpc) is 3.07. The molecule has 2 N–H and O–H groups in total. The number of benzene rings is 2. The fourth-order valence-electron chi connectivity index (χ4n) is 3.17. The first-order chi connectivity index (χ1) is 11.6. The number of hydrogen-bond donors (Lipinski definition) is 2. The standard InChI is InChI=1S/C19H20F2N2O/c20-16-7-8-17(18(21)11-16)19(24)22-12-14-5-1-2-6-15(14)13-23-9-3-4-10-23/h1-2,5-8,11H,3-4,9-10,12-13H2,(H,22,24)/p+1. The number of quaternary nitrogens is 1. The molecule has 0 atom stereocenters. The van der Waals surface area contributed by atoms with E-state index in [9.17, 15) is 13.6 Å². The van der Waals surface area contributed by atoms with E-state index in [1.54, 1.807) is 4.90 Å². The second kappa shape index (κ2) is 7.53. The number of carbonyl (C=O) groups is 1. The van der Waals surface area contributed by atoms with Crippen LogP contribution in [-0.2, 0) is 13.1 Å². The Bertz CT molecular complexity index is 727. The van der Waals surface area contributed by atoms with Crippen LogP contribution in [0.4, 0.5) is 8.78 Å². The smallest absolute Gasteiger partial charge is 0.254 e. The monoisotopic (exact) mass is 331 g/mol. The molecule has 1 aliphatic rings. The molecule has 0 unspecified atom stereocenters. The van der Waals surface area contributed by atoms with Crippen LogP contribution in [0, 0.1) is 11.6 Å². The van der Waals surface area contributed by atoms with Crippen LogP contribution in [-0.4, -0.2) is 19.0 Å². The normalized spacial score (nSPS) is 14.8. The van der Waals surface area contributed by atoms with Crippen molar-refractivity contribution in [3.8, 4) is 0 Å². The third-order valence-electron chi connectivity index (χ3n) is 4.48. The minimum Gasteiger partial charge on any atom is -0.348 e. The summed E-state index contributed by atoms with van der Waals surface area (Å²) in [5, 5.41) is 2.73. The number of carbonyl (C=O) groups excluding carboxylic acids is 1. The quantitative estimate of drug-likeness (QED) is 0.864. The van der Waals surface area contributed by atoms with Crippen LogP contribution in [0.1, 0.15) is 34.3 Å². The summed E-state index contributed by atoms with van der Waals surface area (Å²) in [4.78, 5) is 13.7. The van der Waals surface area contributed by atoms with Crippen LogP contribution < -0.4 is 10.2 Å². The lowest BCUT2D eigenvalue weighted by Crippen LogP contribution is -3.08. The van der Waals surface area contributed by atoms with Crippen molar-refractivity contribution in [2.24, 2.45) is 0 Å². The van der Waals surface area contributed by atoms with Gasteiger partial charge in [0, 0.05) is 31.0 Å². The summed E-state index contributed by atoms with van der Waals surface area (Å²) >= 11 is 0. The molecular formula is C19H21F2N2O+. The third kappa shape index (κ3) is 3.97. The molecule has 0 bridgehead atoms. The van der Waals surface area contributed by atoms with Gasteiger partial charge in [-0.2, -0.15) is 0 Å². The first-order valence-corrected chi connectivity index (χ1v) is 8.27. The molecule has 1 aliphatic heterocycles. The molecule has 5 heteroatoms. The molecule has 2 aromatic rings. The Morgan fingerprint density at radius 1 is 1.04 bits per heavy atom. The maximum Gasteiger partial charge on any atom is 0.254 e. The minimum absolute atomic E-state index is 0.140. The van der Waals surface area contributed by atoms with Crippen LogP contribution in [0.3, 0.4) is 0 Å². The van der Waals surface area contributed by atoms with Crippen LogP contribution in [0.2, 0.25) is 0 Å². The van der Waals surface area contributed by atoms with Crippen molar-refractivity contribution >= 4 is 5.91 Å². The second-order valence-electron chi connectivity index (χ2n) is 6.21. The Labute approximate surface area is 140 Å². The van der Waals surface area contributed by atoms with E-state index < -0.39 is 17.5 Å². The number of nitrogens with one attached hydrogen (secondary N) is 2. The van der Waals surface area contributed by atoms with Gasteiger partial charge >= 0.3 is 0 Å². The molecule has 126 valence electrons. The SMILES string of the molecule is O=C(NCc1ccccc1C[NH+]1CCCC1)c1ccc(F)cc1F. The van der Waals surface area contributed by atoms with Gasteiger partial charge in [-0.05, 0) is 17.7 Å². The number of likely N-dealkylation sites (tertiary alicyclic amines) is 1. The summed E-state index contributed by atoms with van der Waals surface area (Å²) in [5.41, 5.74) is 2.10. The van der Waals surface area contributed by atoms with Crippen molar-refractivity contribution in [1.29, 1.82) is 0 Å². The second-order valence-corrected chi connectivity index (χ2v) is 6.21. The lowest BCUT2D eigenvalue weighted by Gasteiger charge is -2.15.